The maximum Gasteiger partial charge on any atom is 0.261 e. The lowest BCUT2D eigenvalue weighted by Crippen LogP contribution is -2.30. The van der Waals surface area contributed by atoms with Crippen LogP contribution in [0.3, 0.4) is 0 Å². The minimum atomic E-state index is -0.373. The fourth-order valence-corrected chi connectivity index (χ4v) is 3.46. The molecule has 0 saturated heterocycles. The molecule has 1 aromatic heterocycles. The van der Waals surface area contributed by atoms with Crippen LogP contribution < -0.4 is 10.1 Å². The lowest BCUT2D eigenvalue weighted by atomic mass is 10.1. The zero-order valence-electron chi connectivity index (χ0n) is 17.8. The van der Waals surface area contributed by atoms with Crippen LogP contribution >= 0.6 is 0 Å². The number of unbranched alkanes of at least 4 members (excludes halogenated alkanes) is 1. The first-order chi connectivity index (χ1) is 15.5. The number of fused-ring (bicyclic) bond motifs is 1. The van der Waals surface area contributed by atoms with E-state index in [1.807, 2.05) is 31.2 Å². The van der Waals surface area contributed by atoms with Gasteiger partial charge in [0.1, 0.15) is 11.6 Å². The summed E-state index contributed by atoms with van der Waals surface area (Å²) in [4.78, 5) is 43.3. The Hall–Kier alpha value is -4.01. The number of H-pyrrole nitrogens is 1. The summed E-state index contributed by atoms with van der Waals surface area (Å²) < 4.78 is 5.14. The van der Waals surface area contributed by atoms with Crippen LogP contribution in [0.5, 0.6) is 5.75 Å². The summed E-state index contributed by atoms with van der Waals surface area (Å²) >= 11 is 0. The molecule has 4 rings (SSSR count). The fraction of sp³-hybridized carbons (Fsp3) is 0.261. The van der Waals surface area contributed by atoms with Crippen LogP contribution in [0.15, 0.2) is 42.5 Å². The van der Waals surface area contributed by atoms with E-state index in [-0.39, 0.29) is 29.8 Å². The smallest absolute Gasteiger partial charge is 0.261 e. The molecule has 0 unspecified atom stereocenters. The predicted molar refractivity (Wildman–Crippen MR) is 116 cm³/mol. The molecule has 2 aromatic carbocycles. The maximum absolute atomic E-state index is 12.6. The van der Waals surface area contributed by atoms with E-state index in [1.54, 1.807) is 13.2 Å². The molecule has 3 amide bonds. The van der Waals surface area contributed by atoms with Gasteiger partial charge in [0.15, 0.2) is 5.82 Å². The lowest BCUT2D eigenvalue weighted by Gasteiger charge is -2.12. The highest BCUT2D eigenvalue weighted by atomic mass is 16.5. The van der Waals surface area contributed by atoms with Crippen LogP contribution in [-0.4, -0.2) is 51.5 Å². The van der Waals surface area contributed by atoms with Crippen molar-refractivity contribution in [3.8, 4) is 17.1 Å². The largest absolute Gasteiger partial charge is 0.497 e. The van der Waals surface area contributed by atoms with Gasteiger partial charge >= 0.3 is 0 Å². The van der Waals surface area contributed by atoms with Crippen molar-refractivity contribution in [3.63, 3.8) is 0 Å². The lowest BCUT2D eigenvalue weighted by molar-refractivity contribution is 0.0652. The van der Waals surface area contributed by atoms with Gasteiger partial charge in [-0.1, -0.05) is 13.3 Å². The van der Waals surface area contributed by atoms with E-state index in [2.05, 4.69) is 20.5 Å². The molecule has 0 aliphatic carbocycles. The summed E-state index contributed by atoms with van der Waals surface area (Å²) in [5, 5.41) is 9.74. The second-order valence-electron chi connectivity index (χ2n) is 7.39. The number of nitrogens with one attached hydrogen (secondary N) is 2. The van der Waals surface area contributed by atoms with Crippen LogP contribution in [0, 0.1) is 0 Å². The minimum Gasteiger partial charge on any atom is -0.497 e. The van der Waals surface area contributed by atoms with Crippen molar-refractivity contribution in [2.75, 3.05) is 13.7 Å². The predicted octanol–water partition coefficient (Wildman–Crippen LogP) is 2.81. The van der Waals surface area contributed by atoms with E-state index in [9.17, 15) is 14.4 Å². The van der Waals surface area contributed by atoms with Gasteiger partial charge in [-0.25, -0.2) is 4.98 Å². The SMILES string of the molecule is CCCCN1C(=O)c2ccc(C(=O)NCc3nc(-c4ccc(OC)cc4)n[nH]3)cc2C1=O. The van der Waals surface area contributed by atoms with Crippen LogP contribution in [0.1, 0.15) is 56.7 Å². The summed E-state index contributed by atoms with van der Waals surface area (Å²) in [6, 6.07) is 11.9. The highest BCUT2D eigenvalue weighted by molar-refractivity contribution is 6.22. The van der Waals surface area contributed by atoms with Crippen LogP contribution in [-0.2, 0) is 6.54 Å². The van der Waals surface area contributed by atoms with Gasteiger partial charge in [-0.3, -0.25) is 24.4 Å². The fourth-order valence-electron chi connectivity index (χ4n) is 3.46. The van der Waals surface area contributed by atoms with E-state index >= 15 is 0 Å². The molecular formula is C23H23N5O4. The number of aromatic nitrogens is 3. The minimum absolute atomic E-state index is 0.134. The third-order valence-corrected chi connectivity index (χ3v) is 5.26. The molecule has 0 spiro atoms. The van der Waals surface area contributed by atoms with E-state index in [0.29, 0.717) is 29.3 Å². The number of ether oxygens (including phenoxy) is 1. The standard InChI is InChI=1S/C23H23N5O4/c1-3-4-11-28-22(30)17-10-7-15(12-18(17)23(28)31)21(29)24-13-19-25-20(27-26-19)14-5-8-16(32-2)9-6-14/h5-10,12H,3-4,11,13H2,1-2H3,(H,24,29)(H,25,26,27). The number of hydrogen-bond acceptors (Lipinski definition) is 6. The Morgan fingerprint density at radius 1 is 1.09 bits per heavy atom. The van der Waals surface area contributed by atoms with Crippen LogP contribution in [0.25, 0.3) is 11.4 Å². The van der Waals surface area contributed by atoms with Gasteiger partial charge in [-0.2, -0.15) is 5.10 Å². The number of nitrogens with zero attached hydrogens (tertiary/aromatic N) is 3. The van der Waals surface area contributed by atoms with Gasteiger partial charge in [-0.15, -0.1) is 0 Å². The van der Waals surface area contributed by atoms with Gasteiger partial charge in [0, 0.05) is 17.7 Å². The number of carbonyl (C=O) groups is 3. The average molecular weight is 433 g/mol. The first-order valence-corrected chi connectivity index (χ1v) is 10.4. The summed E-state index contributed by atoms with van der Waals surface area (Å²) in [5.41, 5.74) is 1.72. The highest BCUT2D eigenvalue weighted by Crippen LogP contribution is 2.24. The second kappa shape index (κ2) is 9.01. The quantitative estimate of drug-likeness (QED) is 0.528. The van der Waals surface area contributed by atoms with E-state index in [4.69, 9.17) is 4.74 Å². The van der Waals surface area contributed by atoms with Gasteiger partial charge in [-0.05, 0) is 48.9 Å². The molecule has 0 fully saturated rings. The van der Waals surface area contributed by atoms with Crippen molar-refractivity contribution < 1.29 is 19.1 Å². The Morgan fingerprint density at radius 2 is 1.84 bits per heavy atom. The summed E-state index contributed by atoms with van der Waals surface area (Å²) in [6.45, 7) is 2.51. The number of hydrogen-bond donors (Lipinski definition) is 2. The van der Waals surface area contributed by atoms with E-state index < -0.39 is 0 Å². The molecule has 1 aliphatic rings. The average Bonchev–Trinajstić information content (AvgIpc) is 3.39. The molecule has 0 radical (unpaired) electrons. The Labute approximate surface area is 184 Å². The molecule has 0 bridgehead atoms. The first-order valence-electron chi connectivity index (χ1n) is 10.4. The molecule has 0 atom stereocenters. The molecule has 2 N–H and O–H groups in total. The molecular weight excluding hydrogens is 410 g/mol. The van der Waals surface area contributed by atoms with Gasteiger partial charge in [0.05, 0.1) is 24.8 Å². The van der Waals surface area contributed by atoms with E-state index in [1.165, 1.54) is 17.0 Å². The Balaban J connectivity index is 1.41. The first kappa shape index (κ1) is 21.2. The Kier molecular flexibility index (Phi) is 5.98. The third kappa shape index (κ3) is 4.09. The number of rotatable bonds is 8. The van der Waals surface area contributed by atoms with Crippen molar-refractivity contribution in [2.45, 2.75) is 26.3 Å². The van der Waals surface area contributed by atoms with E-state index in [0.717, 1.165) is 24.2 Å². The topological polar surface area (TPSA) is 117 Å². The summed E-state index contributed by atoms with van der Waals surface area (Å²) in [7, 11) is 1.60. The molecule has 164 valence electrons. The van der Waals surface area contributed by atoms with Gasteiger partial charge in [0.2, 0.25) is 0 Å². The van der Waals surface area contributed by atoms with Crippen molar-refractivity contribution >= 4 is 17.7 Å². The molecule has 9 nitrogen and oxygen atoms in total. The van der Waals surface area contributed by atoms with Gasteiger partial charge < -0.3 is 10.1 Å². The van der Waals surface area contributed by atoms with Crippen LogP contribution in [0.2, 0.25) is 0 Å². The Morgan fingerprint density at radius 3 is 2.56 bits per heavy atom. The summed E-state index contributed by atoms with van der Waals surface area (Å²) in [5.74, 6) is 0.695. The molecule has 2 heterocycles. The monoisotopic (exact) mass is 433 g/mol. The Bertz CT molecular complexity index is 1170. The number of carbonyl (C=O) groups excluding carboxylic acids is 3. The molecule has 3 aromatic rings. The van der Waals surface area contributed by atoms with Crippen molar-refractivity contribution in [3.05, 3.63) is 65.0 Å². The van der Waals surface area contributed by atoms with Crippen molar-refractivity contribution in [1.82, 2.24) is 25.4 Å². The third-order valence-electron chi connectivity index (χ3n) is 5.26. The van der Waals surface area contributed by atoms with Gasteiger partial charge in [0.25, 0.3) is 17.7 Å². The zero-order chi connectivity index (χ0) is 22.7. The number of imide groups is 1. The number of methoxy groups -OCH3 is 1. The zero-order valence-corrected chi connectivity index (χ0v) is 17.8. The number of amides is 3. The molecule has 9 heteroatoms. The second-order valence-corrected chi connectivity index (χ2v) is 7.39. The van der Waals surface area contributed by atoms with Crippen LogP contribution in [0.4, 0.5) is 0 Å². The van der Waals surface area contributed by atoms with Crippen molar-refractivity contribution in [2.24, 2.45) is 0 Å². The molecule has 32 heavy (non-hydrogen) atoms. The number of aromatic amines is 1. The summed E-state index contributed by atoms with van der Waals surface area (Å²) in [6.07, 6.45) is 1.62. The maximum atomic E-state index is 12.6. The normalized spacial score (nSPS) is 12.8. The highest BCUT2D eigenvalue weighted by Gasteiger charge is 2.35. The van der Waals surface area contributed by atoms with Crippen molar-refractivity contribution in [1.29, 1.82) is 0 Å². The number of benzene rings is 2. The molecule has 1 aliphatic heterocycles. The molecule has 0 saturated carbocycles.